The molecule has 3 atom stereocenters. The summed E-state index contributed by atoms with van der Waals surface area (Å²) in [5.41, 5.74) is 0.563. The molecule has 21 heavy (non-hydrogen) atoms. The fourth-order valence-corrected chi connectivity index (χ4v) is 2.68. The van der Waals surface area contributed by atoms with Crippen molar-refractivity contribution in [1.82, 2.24) is 4.90 Å². The lowest BCUT2D eigenvalue weighted by molar-refractivity contribution is -0.0704. The number of nitrogens with zero attached hydrogens (tertiary/aromatic N) is 1. The molecule has 1 aliphatic heterocycles. The Hall–Kier alpha value is -1.21. The predicted molar refractivity (Wildman–Crippen MR) is 75.7 cm³/mol. The zero-order valence-corrected chi connectivity index (χ0v) is 12.1. The third-order valence-corrected chi connectivity index (χ3v) is 4.04. The predicted octanol–water partition coefficient (Wildman–Crippen LogP) is 0.165. The molecule has 0 amide bonds. The van der Waals surface area contributed by atoms with E-state index in [4.69, 9.17) is 4.74 Å². The van der Waals surface area contributed by atoms with Crippen LogP contribution in [0.25, 0.3) is 0 Å². The average molecular weight is 299 g/mol. The summed E-state index contributed by atoms with van der Waals surface area (Å²) >= 11 is 0. The minimum atomic E-state index is -0.825. The van der Waals surface area contributed by atoms with Crippen molar-refractivity contribution in [2.45, 2.75) is 31.1 Å². The highest BCUT2D eigenvalue weighted by Gasteiger charge is 2.32. The second-order valence-corrected chi connectivity index (χ2v) is 5.41. The Morgan fingerprint density at radius 2 is 2.10 bits per heavy atom. The molecule has 1 aromatic carbocycles. The van der Waals surface area contributed by atoms with Gasteiger partial charge in [-0.15, -0.1) is 0 Å². The summed E-state index contributed by atoms with van der Waals surface area (Å²) in [6, 6.07) is 4.52. The molecule has 0 saturated carbocycles. The summed E-state index contributed by atoms with van der Waals surface area (Å²) in [7, 11) is 1.49. The number of methoxy groups -OCH3 is 1. The normalized spacial score (nSPS) is 26.8. The molecule has 118 valence electrons. The molecule has 0 aromatic heterocycles. The topological polar surface area (TPSA) is 73.2 Å². The largest absolute Gasteiger partial charge is 0.497 e. The van der Waals surface area contributed by atoms with Crippen LogP contribution in [-0.2, 0) is 6.42 Å². The Morgan fingerprint density at radius 1 is 1.33 bits per heavy atom. The summed E-state index contributed by atoms with van der Waals surface area (Å²) in [5.74, 6) is 0.147. The Bertz CT molecular complexity index is 471. The first-order valence-corrected chi connectivity index (χ1v) is 7.08. The Labute approximate surface area is 123 Å². The van der Waals surface area contributed by atoms with Gasteiger partial charge in [-0.1, -0.05) is 6.07 Å². The van der Waals surface area contributed by atoms with Crippen LogP contribution >= 0.6 is 0 Å². The molecular formula is C15H22FNO4. The molecule has 0 bridgehead atoms. The van der Waals surface area contributed by atoms with Crippen molar-refractivity contribution in [3.8, 4) is 5.75 Å². The highest BCUT2D eigenvalue weighted by molar-refractivity contribution is 5.29. The van der Waals surface area contributed by atoms with Gasteiger partial charge in [-0.2, -0.15) is 0 Å². The highest BCUT2D eigenvalue weighted by atomic mass is 19.1. The number of likely N-dealkylation sites (tertiary alicyclic amines) is 1. The van der Waals surface area contributed by atoms with Gasteiger partial charge in [-0.05, 0) is 24.5 Å². The van der Waals surface area contributed by atoms with Gasteiger partial charge in [0.2, 0.25) is 0 Å². The summed E-state index contributed by atoms with van der Waals surface area (Å²) in [6.45, 7) is 0.706. The molecule has 0 spiro atoms. The van der Waals surface area contributed by atoms with Crippen LogP contribution in [0.15, 0.2) is 18.2 Å². The Morgan fingerprint density at radius 3 is 2.71 bits per heavy atom. The van der Waals surface area contributed by atoms with E-state index in [1.807, 2.05) is 4.90 Å². The molecule has 1 aliphatic rings. The fourth-order valence-electron chi connectivity index (χ4n) is 2.68. The average Bonchev–Trinajstić information content (AvgIpc) is 2.48. The second-order valence-electron chi connectivity index (χ2n) is 5.41. The highest BCUT2D eigenvalue weighted by Crippen LogP contribution is 2.20. The van der Waals surface area contributed by atoms with E-state index in [1.165, 1.54) is 13.2 Å². The summed E-state index contributed by atoms with van der Waals surface area (Å²) in [5, 5.41) is 28.7. The number of rotatable bonds is 5. The standard InChI is InChI=1S/C15H22FNO4/c1-21-12-3-2-10(13(16)7-12)4-5-17-8-15(20)14(19)6-11(17)9-18/h2-3,7,11,14-15,18-20H,4-6,8-9H2,1H3/t11-,14?,15+/m1/s1. The zero-order valence-electron chi connectivity index (χ0n) is 12.1. The Balaban J connectivity index is 1.98. The van der Waals surface area contributed by atoms with Crippen molar-refractivity contribution < 1.29 is 24.4 Å². The molecule has 1 fully saturated rings. The second kappa shape index (κ2) is 7.17. The van der Waals surface area contributed by atoms with Crippen molar-refractivity contribution in [3.63, 3.8) is 0 Å². The number of aliphatic hydroxyl groups is 3. The third kappa shape index (κ3) is 3.91. The first kappa shape index (κ1) is 16.2. The number of hydrogen-bond donors (Lipinski definition) is 3. The van der Waals surface area contributed by atoms with E-state index in [0.29, 0.717) is 30.7 Å². The lowest BCUT2D eigenvalue weighted by Gasteiger charge is -2.39. The summed E-state index contributed by atoms with van der Waals surface area (Å²) in [6.07, 6.45) is -0.845. The Kier molecular flexibility index (Phi) is 5.52. The number of ether oxygens (including phenoxy) is 1. The number of piperidine rings is 1. The van der Waals surface area contributed by atoms with Gasteiger partial charge in [0.15, 0.2) is 0 Å². The van der Waals surface area contributed by atoms with E-state index in [0.717, 1.165) is 0 Å². The van der Waals surface area contributed by atoms with Crippen LogP contribution < -0.4 is 4.74 Å². The van der Waals surface area contributed by atoms with Gasteiger partial charge < -0.3 is 20.1 Å². The summed E-state index contributed by atoms with van der Waals surface area (Å²) in [4.78, 5) is 1.89. The quantitative estimate of drug-likeness (QED) is 0.722. The van der Waals surface area contributed by atoms with Gasteiger partial charge in [0, 0.05) is 25.2 Å². The van der Waals surface area contributed by atoms with E-state index in [2.05, 4.69) is 0 Å². The number of β-amino-alcohol motifs (C(OH)–C–C–N with tert-alkyl or cyclic N) is 1. The van der Waals surface area contributed by atoms with Crippen LogP contribution in [0.1, 0.15) is 12.0 Å². The molecule has 1 aromatic rings. The number of hydrogen-bond acceptors (Lipinski definition) is 5. The van der Waals surface area contributed by atoms with Crippen molar-refractivity contribution in [2.24, 2.45) is 0 Å². The molecule has 6 heteroatoms. The molecular weight excluding hydrogens is 277 g/mol. The summed E-state index contributed by atoms with van der Waals surface area (Å²) < 4.78 is 18.8. The fraction of sp³-hybridized carbons (Fsp3) is 0.600. The van der Waals surface area contributed by atoms with Gasteiger partial charge >= 0.3 is 0 Å². The van der Waals surface area contributed by atoms with Crippen molar-refractivity contribution in [2.75, 3.05) is 26.8 Å². The first-order valence-electron chi connectivity index (χ1n) is 7.08. The molecule has 1 heterocycles. The maximum absolute atomic E-state index is 13.9. The van der Waals surface area contributed by atoms with Crippen molar-refractivity contribution in [1.29, 1.82) is 0 Å². The van der Waals surface area contributed by atoms with Crippen molar-refractivity contribution >= 4 is 0 Å². The van der Waals surface area contributed by atoms with Crippen LogP contribution in [0.4, 0.5) is 4.39 Å². The lowest BCUT2D eigenvalue weighted by Crippen LogP contribution is -2.54. The molecule has 1 unspecified atom stereocenters. The van der Waals surface area contributed by atoms with E-state index < -0.39 is 12.2 Å². The van der Waals surface area contributed by atoms with Crippen LogP contribution in [-0.4, -0.2) is 65.3 Å². The molecule has 2 rings (SSSR count). The van der Waals surface area contributed by atoms with Crippen LogP contribution in [0, 0.1) is 5.82 Å². The van der Waals surface area contributed by atoms with Gasteiger partial charge in [0.1, 0.15) is 11.6 Å². The smallest absolute Gasteiger partial charge is 0.130 e. The minimum absolute atomic E-state index is 0.0884. The molecule has 0 aliphatic carbocycles. The minimum Gasteiger partial charge on any atom is -0.497 e. The van der Waals surface area contributed by atoms with E-state index >= 15 is 0 Å². The molecule has 1 saturated heterocycles. The molecule has 0 radical (unpaired) electrons. The third-order valence-electron chi connectivity index (χ3n) is 4.04. The van der Waals surface area contributed by atoms with Gasteiger partial charge in [0.25, 0.3) is 0 Å². The van der Waals surface area contributed by atoms with Crippen molar-refractivity contribution in [3.05, 3.63) is 29.6 Å². The van der Waals surface area contributed by atoms with E-state index in [1.54, 1.807) is 12.1 Å². The first-order chi connectivity index (χ1) is 10.0. The lowest BCUT2D eigenvalue weighted by atomic mass is 9.97. The van der Waals surface area contributed by atoms with Crippen LogP contribution in [0.5, 0.6) is 5.75 Å². The molecule has 3 N–H and O–H groups in total. The number of aliphatic hydroxyl groups excluding tert-OH is 3. The van der Waals surface area contributed by atoms with Gasteiger partial charge in [0.05, 0.1) is 25.9 Å². The van der Waals surface area contributed by atoms with Crippen LogP contribution in [0.3, 0.4) is 0 Å². The zero-order chi connectivity index (χ0) is 15.4. The van der Waals surface area contributed by atoms with E-state index in [-0.39, 0.29) is 25.0 Å². The molecule has 5 nitrogen and oxygen atoms in total. The number of halogens is 1. The monoisotopic (exact) mass is 299 g/mol. The van der Waals surface area contributed by atoms with Crippen LogP contribution in [0.2, 0.25) is 0 Å². The maximum atomic E-state index is 13.9. The van der Waals surface area contributed by atoms with Gasteiger partial charge in [-0.3, -0.25) is 4.90 Å². The van der Waals surface area contributed by atoms with E-state index in [9.17, 15) is 19.7 Å². The van der Waals surface area contributed by atoms with Gasteiger partial charge in [-0.25, -0.2) is 4.39 Å². The maximum Gasteiger partial charge on any atom is 0.130 e. The number of benzene rings is 1. The SMILES string of the molecule is COc1ccc(CCN2C[C@H](O)C(O)C[C@@H]2CO)c(F)c1.